The third-order valence-electron chi connectivity index (χ3n) is 22.8. The van der Waals surface area contributed by atoms with Crippen LogP contribution in [0.25, 0.3) is 187 Å². The SMILES string of the molecule is Brc1cc2c(c3ccccc3n2-c2ccccc2)c2c1c1ccccc1n2-c1ccccc1.CC(C)(C)C(=O)O.[2H]CF.c1ccc(-n2c3ccccc3c3c4oc5ccccc5c4c4c(c5ccccc5n4-c4ccccc4)c32)cc1.c1ccc(Oc2cc3c(c4ccccc4n3-c3ccccc3)c3c2c2ccccc2n3-c2ccccc2)cc1. The van der Waals surface area contributed by atoms with Gasteiger partial charge in [0.25, 0.3) is 0 Å². The van der Waals surface area contributed by atoms with Gasteiger partial charge in [0.1, 0.15) is 22.7 Å². The van der Waals surface area contributed by atoms with Gasteiger partial charge in [-0.1, -0.05) is 255 Å². The fraction of sp³-hybridized carbons (Fsp3) is 0.0463. The Morgan fingerprint density at radius 3 is 0.933 bits per heavy atom. The van der Waals surface area contributed by atoms with Gasteiger partial charge in [-0.25, -0.2) is 0 Å². The molecule has 0 aliphatic rings. The number of alkyl halides is 1. The minimum atomic E-state index is -1.00. The maximum Gasteiger partial charge on any atom is 0.308 e. The van der Waals surface area contributed by atoms with E-state index in [1.165, 1.54) is 109 Å². The van der Waals surface area contributed by atoms with Gasteiger partial charge >= 0.3 is 5.97 Å². The Morgan fingerprint density at radius 1 is 0.317 bits per heavy atom. The van der Waals surface area contributed by atoms with Crippen LogP contribution in [0.3, 0.4) is 0 Å². The van der Waals surface area contributed by atoms with Crippen LogP contribution in [-0.4, -0.2) is 45.6 Å². The summed E-state index contributed by atoms with van der Waals surface area (Å²) >= 11 is 3.96. The number of fused-ring (bicyclic) bond motifs is 26. The van der Waals surface area contributed by atoms with Gasteiger partial charge in [-0.05, 0) is 170 Å². The van der Waals surface area contributed by atoms with Crippen molar-refractivity contribution in [1.82, 2.24) is 27.4 Å². The van der Waals surface area contributed by atoms with Crippen LogP contribution in [-0.2, 0) is 4.79 Å². The molecule has 12 heteroatoms. The number of benzene rings is 17. The van der Waals surface area contributed by atoms with E-state index in [1.54, 1.807) is 20.8 Å². The molecule has 7 heterocycles. The molecule has 17 aromatic carbocycles. The van der Waals surface area contributed by atoms with Gasteiger partial charge in [-0.2, -0.15) is 0 Å². The number of aromatic nitrogens is 6. The van der Waals surface area contributed by atoms with Gasteiger partial charge in [0.2, 0.25) is 0 Å². The van der Waals surface area contributed by atoms with Crippen molar-refractivity contribution in [1.29, 1.82) is 0 Å². The van der Waals surface area contributed by atoms with Gasteiger partial charge in [-0.3, -0.25) is 9.18 Å². The molecule has 0 saturated carbocycles. The summed E-state index contributed by atoms with van der Waals surface area (Å²) in [6.07, 6.45) is 0. The quantitative estimate of drug-likeness (QED) is 0.164. The van der Waals surface area contributed by atoms with Crippen LogP contribution in [0, 0.1) is 5.41 Å². The summed E-state index contributed by atoms with van der Waals surface area (Å²) in [4.78, 5) is 10.0. The number of carbonyl (C=O) groups is 1. The first-order valence-electron chi connectivity index (χ1n) is 40.8. The van der Waals surface area contributed by atoms with Crippen LogP contribution < -0.4 is 4.74 Å². The fourth-order valence-corrected chi connectivity index (χ4v) is 18.4. The van der Waals surface area contributed by atoms with Crippen molar-refractivity contribution in [3.05, 3.63) is 399 Å². The van der Waals surface area contributed by atoms with E-state index in [4.69, 9.17) is 15.6 Å². The van der Waals surface area contributed by atoms with Crippen LogP contribution in [0.5, 0.6) is 11.5 Å². The first-order chi connectivity index (χ1) is 59.5. The van der Waals surface area contributed by atoms with Crippen molar-refractivity contribution in [2.45, 2.75) is 20.8 Å². The molecule has 0 bridgehead atoms. The number of rotatable bonds is 8. The number of halogens is 2. The average Bonchev–Trinajstić information content (AvgIpc) is 1.51. The molecule has 7 aromatic heterocycles. The Labute approximate surface area is 700 Å². The van der Waals surface area contributed by atoms with E-state index in [0.717, 1.165) is 93.7 Å². The topological polar surface area (TPSA) is 89.2 Å². The minimum Gasteiger partial charge on any atom is -0.481 e. The summed E-state index contributed by atoms with van der Waals surface area (Å²) in [5.74, 6) is 0.902. The largest absolute Gasteiger partial charge is 0.481 e. The normalized spacial score (nSPS) is 11.8. The zero-order valence-electron chi connectivity index (χ0n) is 66.8. The van der Waals surface area contributed by atoms with Gasteiger partial charge in [-0.15, -0.1) is 0 Å². The number of furan rings is 1. The molecule has 0 aliphatic carbocycles. The Morgan fingerprint density at radius 2 is 0.567 bits per heavy atom. The average molecular weight is 1620 g/mol. The predicted molar refractivity (Wildman–Crippen MR) is 501 cm³/mol. The Hall–Kier alpha value is -15.0. The standard InChI is InChI=1S/C36H22N2O.C36H24N2O.C30H19BrN2.C5H10O2.CH3F/c1-3-13-23(14-4-1)37-28-20-10-7-17-25(28)31-34-32(36-33(35(31)37)27-19-9-12-22-30(27)39-36)26-18-8-11-21-29(26)38(34)24-15-5-2-6-16-24;1-4-14-25(15-5-1)37-30-22-12-10-20-28(30)34-32(37)24-33(39-27-18-8-3-9-19-27)35-29-21-11-13-23-31(29)38(36(34)35)26-16-6-2-7-17-26;31-24-19-27-29(23-16-8-9-17-25(23)32(27)20-11-3-1-4-12-20)30-28(24)22-15-7-10-18-26(22)33(30)21-13-5-2-6-14-21;1-5(2,3)4(6)7;1-2/h1-22H;1-24H;1-19H;1-3H3,(H,6,7);1H3/i;;;;1D. The van der Waals surface area contributed by atoms with E-state index in [1.807, 2.05) is 30.3 Å². The molecule has 0 fully saturated rings. The Balaban J connectivity index is 0.000000110. The van der Waals surface area contributed by atoms with E-state index in [2.05, 4.69) is 407 Å². The monoisotopic (exact) mass is 1620 g/mol. The third-order valence-corrected chi connectivity index (χ3v) is 23.4. The molecule has 0 spiro atoms. The smallest absolute Gasteiger partial charge is 0.308 e. The van der Waals surface area contributed by atoms with E-state index in [-0.39, 0.29) is 0 Å². The van der Waals surface area contributed by atoms with Crippen LogP contribution in [0.4, 0.5) is 4.39 Å². The molecule has 1 N–H and O–H groups in total. The maximum absolute atomic E-state index is 10.0. The second-order valence-corrected chi connectivity index (χ2v) is 31.7. The highest BCUT2D eigenvalue weighted by Crippen LogP contribution is 2.52. The lowest BCUT2D eigenvalue weighted by Gasteiger charge is -2.13. The van der Waals surface area contributed by atoms with Crippen molar-refractivity contribution in [2.24, 2.45) is 5.41 Å². The van der Waals surface area contributed by atoms with Crippen molar-refractivity contribution >= 4 is 175 Å². The molecule has 0 aliphatic heterocycles. The van der Waals surface area contributed by atoms with Crippen molar-refractivity contribution in [3.8, 4) is 45.6 Å². The Kier molecular flexibility index (Phi) is 18.5. The summed E-state index contributed by atoms with van der Waals surface area (Å²) in [7, 11) is -1.00. The second-order valence-electron chi connectivity index (χ2n) is 30.8. The number of nitrogens with zero attached hydrogens (tertiary/aromatic N) is 6. The van der Waals surface area contributed by atoms with Gasteiger partial charge in [0.05, 0.1) is 96.3 Å². The van der Waals surface area contributed by atoms with Crippen molar-refractivity contribution < 1.29 is 24.8 Å². The fourth-order valence-electron chi connectivity index (χ4n) is 17.8. The molecule has 0 amide bonds. The summed E-state index contributed by atoms with van der Waals surface area (Å²) in [5, 5.41) is 25.1. The molecule has 578 valence electrons. The molecular formula is C108H78BrFN6O4. The van der Waals surface area contributed by atoms with Gasteiger partial charge in [0, 0.05) is 104 Å². The zero-order valence-corrected chi connectivity index (χ0v) is 67.4. The number of hydrogen-bond donors (Lipinski definition) is 1. The highest BCUT2D eigenvalue weighted by atomic mass is 79.9. The Bertz CT molecular complexity index is 7980. The van der Waals surface area contributed by atoms with Crippen LogP contribution in [0.2, 0.25) is 0 Å². The zero-order chi connectivity index (χ0) is 82.0. The van der Waals surface area contributed by atoms with E-state index in [9.17, 15) is 9.18 Å². The minimum absolute atomic E-state index is 0.583. The van der Waals surface area contributed by atoms with Crippen LogP contribution in [0.1, 0.15) is 22.1 Å². The molecule has 0 atom stereocenters. The molecule has 120 heavy (non-hydrogen) atoms. The third kappa shape index (κ3) is 12.2. The number of ether oxygens (including phenoxy) is 1. The molecular weight excluding hydrogens is 1540 g/mol. The lowest BCUT2D eigenvalue weighted by molar-refractivity contribution is -0.145. The number of para-hydroxylation sites is 14. The van der Waals surface area contributed by atoms with Crippen molar-refractivity contribution in [3.63, 3.8) is 0 Å². The highest BCUT2D eigenvalue weighted by Gasteiger charge is 2.30. The molecule has 10 nitrogen and oxygen atoms in total. The number of carboxylic acid groups (broad SMARTS) is 1. The van der Waals surface area contributed by atoms with E-state index < -0.39 is 18.5 Å². The maximum atomic E-state index is 10.0. The highest BCUT2D eigenvalue weighted by molar-refractivity contribution is 9.10. The summed E-state index contributed by atoms with van der Waals surface area (Å²) in [5.41, 5.74) is 22.2. The molecule has 0 radical (unpaired) electrons. The van der Waals surface area contributed by atoms with Gasteiger partial charge in [0.15, 0.2) is 0 Å². The van der Waals surface area contributed by atoms with Gasteiger partial charge < -0.3 is 41.7 Å². The number of carboxylic acids is 1. The van der Waals surface area contributed by atoms with Crippen LogP contribution in [0.15, 0.2) is 403 Å². The molecule has 0 saturated heterocycles. The molecule has 0 unspecified atom stereocenters. The van der Waals surface area contributed by atoms with Crippen molar-refractivity contribution in [2.75, 3.05) is 7.15 Å². The number of hydrogen-bond acceptors (Lipinski definition) is 3. The molecule has 24 rings (SSSR count). The lowest BCUT2D eigenvalue weighted by Crippen LogP contribution is -2.18. The first kappa shape index (κ1) is 72.7. The lowest BCUT2D eigenvalue weighted by atomic mass is 9.98. The summed E-state index contributed by atoms with van der Waals surface area (Å²) in [6, 6.07) is 139. The van der Waals surface area contributed by atoms with Crippen LogP contribution >= 0.6 is 15.9 Å². The summed E-state index contributed by atoms with van der Waals surface area (Å²) < 4.78 is 44.5. The van der Waals surface area contributed by atoms with E-state index >= 15 is 0 Å². The predicted octanol–water partition coefficient (Wildman–Crippen LogP) is 29.8. The molecule has 24 aromatic rings. The second kappa shape index (κ2) is 30.6. The first-order valence-corrected chi connectivity index (χ1v) is 40.8. The summed E-state index contributed by atoms with van der Waals surface area (Å²) in [6.45, 7) is 4.99. The number of aliphatic carboxylic acids is 1. The van der Waals surface area contributed by atoms with E-state index in [0.29, 0.717) is 0 Å².